The first kappa shape index (κ1) is 25.0. The van der Waals surface area contributed by atoms with Gasteiger partial charge in [-0.25, -0.2) is 0 Å². The molecule has 0 aliphatic carbocycles. The lowest BCUT2D eigenvalue weighted by molar-refractivity contribution is -0.142. The number of rotatable bonds is 10. The summed E-state index contributed by atoms with van der Waals surface area (Å²) < 4.78 is -0.655. The van der Waals surface area contributed by atoms with Crippen LogP contribution in [0, 0.1) is 17.8 Å². The van der Waals surface area contributed by atoms with Crippen molar-refractivity contribution in [3.63, 3.8) is 0 Å². The van der Waals surface area contributed by atoms with E-state index in [1.807, 2.05) is 37.3 Å². The maximum absolute atomic E-state index is 14.0. The predicted octanol–water partition coefficient (Wildman–Crippen LogP) is 3.04. The van der Waals surface area contributed by atoms with Gasteiger partial charge in [0.25, 0.3) is 0 Å². The lowest BCUT2D eigenvalue weighted by atomic mass is 9.66. The van der Waals surface area contributed by atoms with Crippen LogP contribution >= 0.6 is 11.8 Å². The fourth-order valence-electron chi connectivity index (χ4n) is 6.30. The van der Waals surface area contributed by atoms with E-state index in [1.165, 1.54) is 0 Å². The van der Waals surface area contributed by atoms with Crippen LogP contribution in [0.25, 0.3) is 0 Å². The van der Waals surface area contributed by atoms with Crippen molar-refractivity contribution in [3.05, 3.63) is 30.3 Å². The average molecular weight is 488 g/mol. The summed E-state index contributed by atoms with van der Waals surface area (Å²) >= 11 is 1.66. The number of carbonyl (C=O) groups is 3. The Kier molecular flexibility index (Phi) is 7.57. The molecule has 34 heavy (non-hydrogen) atoms. The molecule has 4 rings (SSSR count). The van der Waals surface area contributed by atoms with Crippen molar-refractivity contribution in [2.75, 3.05) is 18.5 Å². The summed E-state index contributed by atoms with van der Waals surface area (Å²) in [4.78, 5) is 42.7. The third-order valence-corrected chi connectivity index (χ3v) is 10.0. The normalized spacial score (nSPS) is 32.5. The van der Waals surface area contributed by atoms with Gasteiger partial charge in [-0.2, -0.15) is 0 Å². The monoisotopic (exact) mass is 487 g/mol. The van der Waals surface area contributed by atoms with Crippen LogP contribution in [0.3, 0.4) is 0 Å². The topological polar surface area (TPSA) is 98.7 Å². The first-order valence-corrected chi connectivity index (χ1v) is 13.5. The van der Waals surface area contributed by atoms with E-state index in [0.717, 1.165) is 25.7 Å². The zero-order valence-corrected chi connectivity index (χ0v) is 21.1. The largest absolute Gasteiger partial charge is 0.394 e. The highest BCUT2D eigenvalue weighted by atomic mass is 32.2. The SMILES string of the molecule is CCCCCNC(=O)C1N([C@@H](CC)CO)C(=O)[C@@H]2[C@H](C(=O)Nc3ccccc3)[C@@H]3CC(C)C12S3. The molecule has 3 fully saturated rings. The predicted molar refractivity (Wildman–Crippen MR) is 134 cm³/mol. The minimum atomic E-state index is -0.678. The van der Waals surface area contributed by atoms with Gasteiger partial charge in [-0.1, -0.05) is 51.8 Å². The zero-order chi connectivity index (χ0) is 24.5. The van der Waals surface area contributed by atoms with E-state index in [2.05, 4.69) is 24.5 Å². The van der Waals surface area contributed by atoms with Gasteiger partial charge in [0.1, 0.15) is 6.04 Å². The quantitative estimate of drug-likeness (QED) is 0.441. The van der Waals surface area contributed by atoms with Crippen molar-refractivity contribution in [2.24, 2.45) is 17.8 Å². The number of aliphatic hydroxyl groups is 1. The molecule has 186 valence electrons. The first-order chi connectivity index (χ1) is 16.4. The number of aliphatic hydroxyl groups excluding tert-OH is 1. The van der Waals surface area contributed by atoms with Gasteiger partial charge >= 0.3 is 0 Å². The highest BCUT2D eigenvalue weighted by Crippen LogP contribution is 2.68. The number of nitrogens with one attached hydrogen (secondary N) is 2. The number of unbranched alkanes of at least 4 members (excludes halogenated alkanes) is 2. The molecule has 0 aromatic heterocycles. The summed E-state index contributed by atoms with van der Waals surface area (Å²) in [5.74, 6) is -1.42. The van der Waals surface area contributed by atoms with E-state index in [9.17, 15) is 19.5 Å². The maximum atomic E-state index is 14.0. The summed E-state index contributed by atoms with van der Waals surface area (Å²) in [5, 5.41) is 16.2. The van der Waals surface area contributed by atoms with Crippen LogP contribution in [0.5, 0.6) is 0 Å². The molecule has 1 spiro atoms. The number of hydrogen-bond acceptors (Lipinski definition) is 5. The Morgan fingerprint density at radius 3 is 2.59 bits per heavy atom. The number of hydrogen-bond donors (Lipinski definition) is 3. The van der Waals surface area contributed by atoms with Gasteiger partial charge in [0.15, 0.2) is 0 Å². The lowest BCUT2D eigenvalue weighted by Crippen LogP contribution is -2.58. The molecule has 7 nitrogen and oxygen atoms in total. The highest BCUT2D eigenvalue weighted by Gasteiger charge is 2.76. The molecule has 0 radical (unpaired) electrons. The van der Waals surface area contributed by atoms with Crippen molar-refractivity contribution in [2.45, 2.75) is 75.0 Å². The molecule has 7 atom stereocenters. The van der Waals surface area contributed by atoms with Gasteiger partial charge in [0.2, 0.25) is 17.7 Å². The number of thioether (sulfide) groups is 1. The van der Waals surface area contributed by atoms with E-state index in [4.69, 9.17) is 0 Å². The molecule has 3 saturated heterocycles. The van der Waals surface area contributed by atoms with E-state index in [0.29, 0.717) is 18.7 Å². The fraction of sp³-hybridized carbons (Fsp3) is 0.654. The molecule has 3 aliphatic rings. The Labute approximate surface area is 206 Å². The van der Waals surface area contributed by atoms with Crippen molar-refractivity contribution in [1.82, 2.24) is 10.2 Å². The molecule has 3 aliphatic heterocycles. The smallest absolute Gasteiger partial charge is 0.244 e. The summed E-state index contributed by atoms with van der Waals surface area (Å²) in [6.45, 7) is 6.52. The minimum absolute atomic E-state index is 0.000549. The summed E-state index contributed by atoms with van der Waals surface area (Å²) in [6, 6.07) is 8.18. The molecular weight excluding hydrogens is 450 g/mol. The second-order valence-corrected chi connectivity index (χ2v) is 11.4. The van der Waals surface area contributed by atoms with Crippen LogP contribution in [0.1, 0.15) is 52.9 Å². The van der Waals surface area contributed by atoms with Crippen LogP contribution in [0.15, 0.2) is 30.3 Å². The maximum Gasteiger partial charge on any atom is 0.244 e. The van der Waals surface area contributed by atoms with E-state index in [1.54, 1.807) is 16.7 Å². The lowest BCUT2D eigenvalue weighted by Gasteiger charge is -2.40. The molecule has 3 N–H and O–H groups in total. The second kappa shape index (κ2) is 10.3. The highest BCUT2D eigenvalue weighted by molar-refractivity contribution is 8.02. The number of amides is 3. The van der Waals surface area contributed by atoms with Gasteiger partial charge in [-0.3, -0.25) is 14.4 Å². The first-order valence-electron chi connectivity index (χ1n) is 12.6. The number of para-hydroxylation sites is 1. The Balaban J connectivity index is 1.67. The number of anilines is 1. The number of benzene rings is 1. The van der Waals surface area contributed by atoms with Crippen molar-refractivity contribution in [1.29, 1.82) is 0 Å². The van der Waals surface area contributed by atoms with Gasteiger partial charge in [-0.15, -0.1) is 11.8 Å². The number of fused-ring (bicyclic) bond motifs is 1. The number of nitrogens with zero attached hydrogens (tertiary/aromatic N) is 1. The van der Waals surface area contributed by atoms with Crippen LogP contribution < -0.4 is 10.6 Å². The Morgan fingerprint density at radius 2 is 1.94 bits per heavy atom. The summed E-state index contributed by atoms with van der Waals surface area (Å²) in [7, 11) is 0. The fourth-order valence-corrected chi connectivity index (χ4v) is 8.70. The number of carbonyl (C=O) groups excluding carboxylic acids is 3. The van der Waals surface area contributed by atoms with Crippen molar-refractivity contribution in [3.8, 4) is 0 Å². The zero-order valence-electron chi connectivity index (χ0n) is 20.3. The van der Waals surface area contributed by atoms with Gasteiger partial charge in [0.05, 0.1) is 29.2 Å². The Bertz CT molecular complexity index is 909. The van der Waals surface area contributed by atoms with Crippen LogP contribution in [0.4, 0.5) is 5.69 Å². The standard InChI is InChI=1S/C26H37N3O4S/c1-4-6-10-13-27-24(32)22-26-16(3)14-19(34-26)20(23(31)28-17-11-8-7-9-12-17)21(26)25(33)29(22)18(5-2)15-30/h7-9,11-12,16,18-22,30H,4-6,10,13-15H2,1-3H3,(H,27,32)(H,28,31)/t16?,18-,19-,20+,21-,22?,26?/m0/s1. The summed E-state index contributed by atoms with van der Waals surface area (Å²) in [6.07, 6.45) is 4.33. The molecule has 0 saturated carbocycles. The minimum Gasteiger partial charge on any atom is -0.394 e. The molecule has 1 aromatic rings. The summed E-state index contributed by atoms with van der Waals surface area (Å²) in [5.41, 5.74) is 0.705. The van der Waals surface area contributed by atoms with Crippen molar-refractivity contribution < 1.29 is 19.5 Å². The van der Waals surface area contributed by atoms with Gasteiger partial charge in [-0.05, 0) is 37.3 Å². The van der Waals surface area contributed by atoms with Gasteiger partial charge in [0, 0.05) is 17.5 Å². The van der Waals surface area contributed by atoms with Gasteiger partial charge < -0.3 is 20.6 Å². The Hall–Kier alpha value is -2.06. The van der Waals surface area contributed by atoms with E-state index < -0.39 is 28.7 Å². The van der Waals surface area contributed by atoms with Crippen molar-refractivity contribution >= 4 is 35.2 Å². The third kappa shape index (κ3) is 4.02. The van der Waals surface area contributed by atoms with Crippen LogP contribution in [0.2, 0.25) is 0 Å². The molecule has 3 unspecified atom stereocenters. The van der Waals surface area contributed by atoms with Crippen LogP contribution in [-0.2, 0) is 14.4 Å². The second-order valence-electron chi connectivity index (χ2n) is 9.90. The Morgan fingerprint density at radius 1 is 1.21 bits per heavy atom. The molecule has 3 heterocycles. The number of likely N-dealkylation sites (tertiary alicyclic amines) is 1. The molecular formula is C26H37N3O4S. The average Bonchev–Trinajstić information content (AvgIpc) is 3.42. The molecule has 2 bridgehead atoms. The third-order valence-electron chi connectivity index (χ3n) is 7.93. The molecule has 3 amide bonds. The van der Waals surface area contributed by atoms with E-state index >= 15 is 0 Å². The van der Waals surface area contributed by atoms with Crippen LogP contribution in [-0.4, -0.2) is 63.0 Å². The molecule has 1 aromatic carbocycles. The molecule has 8 heteroatoms. The van der Waals surface area contributed by atoms with E-state index in [-0.39, 0.29) is 35.5 Å².